The zero-order chi connectivity index (χ0) is 19.4. The zero-order valence-corrected chi connectivity index (χ0v) is 17.2. The molecule has 0 unspecified atom stereocenters. The number of aromatic nitrogens is 4. The molecule has 6 heteroatoms. The number of rotatable bonds is 4. The molecule has 2 rings (SSSR count). The van der Waals surface area contributed by atoms with E-state index in [0.717, 1.165) is 17.3 Å². The molecule has 0 saturated carbocycles. The Labute approximate surface area is 153 Å². The summed E-state index contributed by atoms with van der Waals surface area (Å²) in [5, 5.41) is 2.90. The van der Waals surface area contributed by atoms with Crippen LogP contribution in [0.3, 0.4) is 0 Å². The van der Waals surface area contributed by atoms with Gasteiger partial charge in [-0.15, -0.1) is 0 Å². The molecule has 2 heterocycles. The summed E-state index contributed by atoms with van der Waals surface area (Å²) in [5.74, 6) is 2.40. The summed E-state index contributed by atoms with van der Waals surface area (Å²) >= 11 is 0. The zero-order valence-electron chi connectivity index (χ0n) is 17.2. The van der Waals surface area contributed by atoms with E-state index in [1.54, 1.807) is 12.4 Å². The largest absolute Gasteiger partial charge is 0.357 e. The first-order chi connectivity index (χ1) is 11.8. The summed E-state index contributed by atoms with van der Waals surface area (Å²) in [4.78, 5) is 18.7. The minimum atomic E-state index is 0.463. The summed E-state index contributed by atoms with van der Waals surface area (Å²) in [6.45, 7) is 12.5. The Hall–Kier alpha value is -2.24. The fourth-order valence-electron chi connectivity index (χ4n) is 1.71. The lowest BCUT2D eigenvalue weighted by Gasteiger charge is -2.11. The molecule has 0 atom stereocenters. The van der Waals surface area contributed by atoms with E-state index in [1.165, 1.54) is 0 Å². The van der Waals surface area contributed by atoms with Gasteiger partial charge in [-0.1, -0.05) is 41.5 Å². The van der Waals surface area contributed by atoms with Gasteiger partial charge in [-0.05, 0) is 24.0 Å². The average molecular weight is 347 g/mol. The van der Waals surface area contributed by atoms with Gasteiger partial charge in [-0.3, -0.25) is 0 Å². The van der Waals surface area contributed by atoms with Crippen LogP contribution in [-0.4, -0.2) is 41.1 Å². The highest BCUT2D eigenvalue weighted by molar-refractivity contribution is 5.27. The lowest BCUT2D eigenvalue weighted by molar-refractivity contribution is 0.806. The van der Waals surface area contributed by atoms with Crippen LogP contribution in [0.5, 0.6) is 0 Å². The molecule has 0 aliphatic rings. The van der Waals surface area contributed by atoms with E-state index in [1.807, 2.05) is 52.0 Å². The summed E-state index contributed by atoms with van der Waals surface area (Å²) in [6.07, 6.45) is 3.58. The monoisotopic (exact) mass is 346 g/mol. The number of hydrogen-bond donors (Lipinski definition) is 1. The minimum Gasteiger partial charge on any atom is -0.357 e. The highest BCUT2D eigenvalue weighted by atomic mass is 15.2. The van der Waals surface area contributed by atoms with Crippen molar-refractivity contribution in [2.45, 2.75) is 53.4 Å². The number of anilines is 2. The SMILES string of the molecule is CC.CC(C)c1ccnc(N(C)C)n1.CNc1nccc(C(C)C)n1. The van der Waals surface area contributed by atoms with Crippen LogP contribution in [-0.2, 0) is 0 Å². The van der Waals surface area contributed by atoms with Crippen LogP contribution in [0, 0.1) is 0 Å². The molecular weight excluding hydrogens is 312 g/mol. The first kappa shape index (κ1) is 22.8. The van der Waals surface area contributed by atoms with Gasteiger partial charge < -0.3 is 10.2 Å². The van der Waals surface area contributed by atoms with Crippen LogP contribution in [0.4, 0.5) is 11.9 Å². The number of nitrogens with one attached hydrogen (secondary N) is 1. The van der Waals surface area contributed by atoms with Crippen molar-refractivity contribution in [2.75, 3.05) is 31.4 Å². The third kappa shape index (κ3) is 8.42. The number of nitrogens with zero attached hydrogens (tertiary/aromatic N) is 5. The van der Waals surface area contributed by atoms with Crippen LogP contribution < -0.4 is 10.2 Å². The molecule has 6 nitrogen and oxygen atoms in total. The topological polar surface area (TPSA) is 66.8 Å². The van der Waals surface area contributed by atoms with Crippen LogP contribution >= 0.6 is 0 Å². The summed E-state index contributed by atoms with van der Waals surface area (Å²) in [5.41, 5.74) is 2.16. The van der Waals surface area contributed by atoms with Crippen molar-refractivity contribution < 1.29 is 0 Å². The quantitative estimate of drug-likeness (QED) is 0.888. The third-order valence-corrected chi connectivity index (χ3v) is 3.15. The van der Waals surface area contributed by atoms with Gasteiger partial charge in [0.05, 0.1) is 0 Å². The fraction of sp³-hybridized carbons (Fsp3) is 0.579. The Bertz CT molecular complexity index is 573. The Morgan fingerprint density at radius 1 is 0.840 bits per heavy atom. The van der Waals surface area contributed by atoms with Crippen molar-refractivity contribution in [1.29, 1.82) is 0 Å². The Balaban J connectivity index is 0.000000421. The molecule has 0 aromatic carbocycles. The smallest absolute Gasteiger partial charge is 0.224 e. The average Bonchev–Trinajstić information content (AvgIpc) is 2.64. The van der Waals surface area contributed by atoms with Gasteiger partial charge in [0.2, 0.25) is 11.9 Å². The molecule has 0 saturated heterocycles. The molecule has 0 aliphatic carbocycles. The van der Waals surface area contributed by atoms with E-state index in [-0.39, 0.29) is 0 Å². The van der Waals surface area contributed by atoms with Gasteiger partial charge in [-0.2, -0.15) is 0 Å². The molecule has 0 aliphatic heterocycles. The summed E-state index contributed by atoms with van der Waals surface area (Å²) in [6, 6.07) is 3.89. The maximum Gasteiger partial charge on any atom is 0.224 e. The maximum absolute atomic E-state index is 4.39. The van der Waals surface area contributed by atoms with Crippen molar-refractivity contribution in [3.63, 3.8) is 0 Å². The van der Waals surface area contributed by atoms with E-state index in [2.05, 4.69) is 52.9 Å². The molecule has 0 fully saturated rings. The van der Waals surface area contributed by atoms with Crippen LogP contribution in [0.1, 0.15) is 64.8 Å². The first-order valence-electron chi connectivity index (χ1n) is 8.86. The van der Waals surface area contributed by atoms with Crippen molar-refractivity contribution in [1.82, 2.24) is 19.9 Å². The van der Waals surface area contributed by atoms with Crippen LogP contribution in [0.15, 0.2) is 24.5 Å². The molecule has 1 N–H and O–H groups in total. The van der Waals surface area contributed by atoms with Gasteiger partial charge >= 0.3 is 0 Å². The van der Waals surface area contributed by atoms with E-state index in [0.29, 0.717) is 17.8 Å². The highest BCUT2D eigenvalue weighted by Gasteiger charge is 2.03. The van der Waals surface area contributed by atoms with Crippen LogP contribution in [0.25, 0.3) is 0 Å². The summed E-state index contributed by atoms with van der Waals surface area (Å²) < 4.78 is 0. The molecule has 2 aromatic rings. The van der Waals surface area contributed by atoms with Crippen molar-refractivity contribution in [2.24, 2.45) is 0 Å². The van der Waals surface area contributed by atoms with E-state index in [9.17, 15) is 0 Å². The Kier molecular flexibility index (Phi) is 11.1. The van der Waals surface area contributed by atoms with Gasteiger partial charge in [0, 0.05) is 44.9 Å². The molecular formula is C19H34N6. The Morgan fingerprint density at radius 2 is 1.32 bits per heavy atom. The van der Waals surface area contributed by atoms with Gasteiger partial charge in [0.1, 0.15) is 0 Å². The van der Waals surface area contributed by atoms with Gasteiger partial charge in [0.25, 0.3) is 0 Å². The predicted molar refractivity (Wildman–Crippen MR) is 107 cm³/mol. The summed E-state index contributed by atoms with van der Waals surface area (Å²) in [7, 11) is 5.71. The molecule has 0 spiro atoms. The molecule has 0 bridgehead atoms. The molecule has 2 aromatic heterocycles. The standard InChI is InChI=1S/C9H15N3.C8H13N3.C2H6/c1-7(2)8-5-6-10-9(11-8)12(3)4;1-6(2)7-4-5-10-8(9-3)11-7;1-2/h5-7H,1-4H3;4-6H,1-3H3,(H,9,10,11);1-2H3. The lowest BCUT2D eigenvalue weighted by Crippen LogP contribution is -2.13. The van der Waals surface area contributed by atoms with Gasteiger partial charge in [-0.25, -0.2) is 19.9 Å². The molecule has 140 valence electrons. The van der Waals surface area contributed by atoms with Crippen molar-refractivity contribution in [3.05, 3.63) is 35.9 Å². The molecule has 25 heavy (non-hydrogen) atoms. The fourth-order valence-corrected chi connectivity index (χ4v) is 1.71. The second-order valence-electron chi connectivity index (χ2n) is 6.04. The first-order valence-corrected chi connectivity index (χ1v) is 8.86. The maximum atomic E-state index is 4.39. The second kappa shape index (κ2) is 12.2. The Morgan fingerprint density at radius 3 is 1.76 bits per heavy atom. The van der Waals surface area contributed by atoms with E-state index >= 15 is 0 Å². The van der Waals surface area contributed by atoms with E-state index in [4.69, 9.17) is 0 Å². The van der Waals surface area contributed by atoms with Gasteiger partial charge in [0.15, 0.2) is 0 Å². The molecule has 0 radical (unpaired) electrons. The normalized spacial score (nSPS) is 9.72. The third-order valence-electron chi connectivity index (χ3n) is 3.15. The highest BCUT2D eigenvalue weighted by Crippen LogP contribution is 2.12. The van der Waals surface area contributed by atoms with E-state index < -0.39 is 0 Å². The minimum absolute atomic E-state index is 0.463. The van der Waals surface area contributed by atoms with Crippen LogP contribution in [0.2, 0.25) is 0 Å². The van der Waals surface area contributed by atoms with Crippen molar-refractivity contribution in [3.8, 4) is 0 Å². The van der Waals surface area contributed by atoms with Crippen molar-refractivity contribution >= 4 is 11.9 Å². The second-order valence-corrected chi connectivity index (χ2v) is 6.04. The number of hydrogen-bond acceptors (Lipinski definition) is 6. The lowest BCUT2D eigenvalue weighted by atomic mass is 10.1. The molecule has 0 amide bonds. The predicted octanol–water partition coefficient (Wildman–Crippen LogP) is 4.33.